The van der Waals surface area contributed by atoms with Crippen LogP contribution < -0.4 is 5.32 Å². The lowest BCUT2D eigenvalue weighted by Crippen LogP contribution is -2.66. The van der Waals surface area contributed by atoms with Crippen LogP contribution in [-0.4, -0.2) is 59.1 Å². The van der Waals surface area contributed by atoms with Crippen LogP contribution in [0.4, 0.5) is 0 Å². The van der Waals surface area contributed by atoms with Crippen LogP contribution >= 0.6 is 0 Å². The van der Waals surface area contributed by atoms with E-state index < -0.39 is 16.9 Å². The summed E-state index contributed by atoms with van der Waals surface area (Å²) in [6, 6.07) is 0. The standard InChI is InChI=1S/C40H66N2O5/c1-12-47-32(45)24-42(23-31(44)41-35(4,5)6)34(46)40-20-15-25(2)26(3)33(40)27-13-14-29-37(9)18-17-30(43)36(7,8)28(37)16-19-39(29,11)38(27,10)21-22-40/h13,25-26,28-30,33,43H,12,14-24H2,1-11H3,(H,41,44)/t25-,26+,28+,29-,30+,33+,37+,38-,39-,40+/m1/s1. The first-order valence-electron chi connectivity index (χ1n) is 18.8. The zero-order chi connectivity index (χ0) is 35.0. The molecule has 7 nitrogen and oxygen atoms in total. The summed E-state index contributed by atoms with van der Waals surface area (Å²) in [5, 5.41) is 14.1. The first-order valence-corrected chi connectivity index (χ1v) is 18.8. The largest absolute Gasteiger partial charge is 0.465 e. The Morgan fingerprint density at radius 1 is 0.936 bits per heavy atom. The zero-order valence-corrected chi connectivity index (χ0v) is 31.6. The first-order chi connectivity index (χ1) is 21.7. The Bertz CT molecular complexity index is 1280. The maximum Gasteiger partial charge on any atom is 0.325 e. The minimum absolute atomic E-state index is 0.0422. The van der Waals surface area contributed by atoms with Crippen LogP contribution in [0.2, 0.25) is 0 Å². The molecule has 4 saturated carbocycles. The Morgan fingerprint density at radius 3 is 2.26 bits per heavy atom. The van der Waals surface area contributed by atoms with Crippen molar-refractivity contribution < 1.29 is 24.2 Å². The van der Waals surface area contributed by atoms with Crippen molar-refractivity contribution in [1.29, 1.82) is 0 Å². The Kier molecular flexibility index (Phi) is 9.41. The summed E-state index contributed by atoms with van der Waals surface area (Å²) in [4.78, 5) is 42.8. The van der Waals surface area contributed by atoms with Gasteiger partial charge in [0.15, 0.2) is 0 Å². The normalized spacial score (nSPS) is 42.4. The maximum absolute atomic E-state index is 15.1. The number of carbonyl (C=O) groups excluding carboxylic acids is 3. The lowest BCUT2D eigenvalue weighted by atomic mass is 9.33. The molecule has 0 aliphatic heterocycles. The third-order valence-corrected chi connectivity index (χ3v) is 15.2. The molecular weight excluding hydrogens is 588 g/mol. The molecule has 5 aliphatic rings. The van der Waals surface area contributed by atoms with Crippen molar-refractivity contribution in [3.8, 4) is 0 Å². The second-order valence-electron chi connectivity index (χ2n) is 18.9. The van der Waals surface area contributed by atoms with Gasteiger partial charge in [-0.2, -0.15) is 0 Å². The van der Waals surface area contributed by atoms with Gasteiger partial charge >= 0.3 is 5.97 Å². The van der Waals surface area contributed by atoms with Gasteiger partial charge < -0.3 is 20.1 Å². The van der Waals surface area contributed by atoms with Crippen molar-refractivity contribution in [2.45, 2.75) is 146 Å². The van der Waals surface area contributed by atoms with E-state index in [0.717, 1.165) is 57.8 Å². The van der Waals surface area contributed by atoms with Crippen LogP contribution in [0.15, 0.2) is 11.6 Å². The quantitative estimate of drug-likeness (QED) is 0.231. The Hall–Kier alpha value is -1.89. The molecule has 5 aliphatic carbocycles. The number of amides is 2. The van der Waals surface area contributed by atoms with Crippen LogP contribution in [0.3, 0.4) is 0 Å². The van der Waals surface area contributed by atoms with E-state index in [1.54, 1.807) is 6.92 Å². The van der Waals surface area contributed by atoms with Crippen LogP contribution in [0, 0.1) is 56.7 Å². The minimum Gasteiger partial charge on any atom is -0.465 e. The summed E-state index contributed by atoms with van der Waals surface area (Å²) in [5.41, 5.74) is 0.496. The van der Waals surface area contributed by atoms with Crippen molar-refractivity contribution in [3.63, 3.8) is 0 Å². The number of esters is 1. The van der Waals surface area contributed by atoms with Crippen molar-refractivity contribution in [2.24, 2.45) is 56.7 Å². The highest BCUT2D eigenvalue weighted by molar-refractivity contribution is 5.91. The molecule has 0 aromatic carbocycles. The number of rotatable bonds is 6. The molecule has 0 unspecified atom stereocenters. The monoisotopic (exact) mass is 654 g/mol. The number of hydrogen-bond donors (Lipinski definition) is 2. The second kappa shape index (κ2) is 12.2. The number of aliphatic hydroxyl groups is 1. The zero-order valence-electron chi connectivity index (χ0n) is 31.6. The highest BCUT2D eigenvalue weighted by Crippen LogP contribution is 2.75. The number of allylic oxidation sites excluding steroid dienone is 2. The van der Waals surface area contributed by atoms with Crippen molar-refractivity contribution >= 4 is 17.8 Å². The van der Waals surface area contributed by atoms with Gasteiger partial charge in [-0.1, -0.05) is 60.1 Å². The van der Waals surface area contributed by atoms with Crippen LogP contribution in [-0.2, 0) is 19.1 Å². The molecule has 47 heavy (non-hydrogen) atoms. The lowest BCUT2D eigenvalue weighted by Gasteiger charge is -2.71. The molecule has 0 spiro atoms. The summed E-state index contributed by atoms with van der Waals surface area (Å²) in [5.74, 6) is 1.10. The molecular formula is C40H66N2O5. The molecule has 0 aromatic rings. The van der Waals surface area contributed by atoms with Gasteiger partial charge in [0, 0.05) is 5.54 Å². The molecule has 10 atom stereocenters. The van der Waals surface area contributed by atoms with Crippen molar-refractivity contribution in [1.82, 2.24) is 10.2 Å². The summed E-state index contributed by atoms with van der Waals surface area (Å²) >= 11 is 0. The molecule has 4 fully saturated rings. The Balaban J connectivity index is 1.55. The number of carbonyl (C=O) groups is 3. The summed E-state index contributed by atoms with van der Waals surface area (Å²) < 4.78 is 5.32. The summed E-state index contributed by atoms with van der Waals surface area (Å²) in [7, 11) is 0. The highest BCUT2D eigenvalue weighted by atomic mass is 16.5. The average Bonchev–Trinajstić information content (AvgIpc) is 2.96. The van der Waals surface area contributed by atoms with E-state index in [1.165, 1.54) is 10.5 Å². The van der Waals surface area contributed by atoms with Crippen molar-refractivity contribution in [2.75, 3.05) is 19.7 Å². The lowest BCUT2D eigenvalue weighted by molar-refractivity contribution is -0.205. The van der Waals surface area contributed by atoms with Gasteiger partial charge in [0.2, 0.25) is 11.8 Å². The fourth-order valence-electron chi connectivity index (χ4n) is 12.4. The molecule has 7 heteroatoms. The van der Waals surface area contributed by atoms with E-state index in [9.17, 15) is 14.7 Å². The van der Waals surface area contributed by atoms with Gasteiger partial charge in [-0.05, 0) is 137 Å². The first kappa shape index (κ1) is 36.4. The van der Waals surface area contributed by atoms with E-state index in [-0.39, 0.29) is 65.2 Å². The van der Waals surface area contributed by atoms with Crippen LogP contribution in [0.1, 0.15) is 134 Å². The Morgan fingerprint density at radius 2 is 1.62 bits per heavy atom. The number of aliphatic hydroxyl groups excluding tert-OH is 1. The van der Waals surface area contributed by atoms with E-state index >= 15 is 4.79 Å². The fraction of sp³-hybridized carbons (Fsp3) is 0.875. The predicted octanol–water partition coefficient (Wildman–Crippen LogP) is 7.31. The summed E-state index contributed by atoms with van der Waals surface area (Å²) in [6.45, 7) is 24.3. The number of ether oxygens (including phenoxy) is 1. The van der Waals surface area contributed by atoms with Crippen LogP contribution in [0.25, 0.3) is 0 Å². The highest BCUT2D eigenvalue weighted by Gasteiger charge is 2.69. The van der Waals surface area contributed by atoms with Crippen molar-refractivity contribution in [3.05, 3.63) is 11.6 Å². The third kappa shape index (κ3) is 5.70. The predicted molar refractivity (Wildman–Crippen MR) is 186 cm³/mol. The molecule has 0 heterocycles. The van der Waals surface area contributed by atoms with Gasteiger partial charge in [0.1, 0.15) is 13.1 Å². The number of nitrogens with zero attached hydrogens (tertiary/aromatic N) is 1. The average molecular weight is 655 g/mol. The summed E-state index contributed by atoms with van der Waals surface area (Å²) in [6.07, 6.45) is 11.0. The molecule has 2 amide bonds. The van der Waals surface area contributed by atoms with E-state index in [4.69, 9.17) is 4.74 Å². The van der Waals surface area contributed by atoms with Gasteiger partial charge in [-0.3, -0.25) is 14.4 Å². The number of fused-ring (bicyclic) bond motifs is 7. The van der Waals surface area contributed by atoms with Gasteiger partial charge in [-0.15, -0.1) is 0 Å². The topological polar surface area (TPSA) is 95.9 Å². The fourth-order valence-corrected chi connectivity index (χ4v) is 12.4. The SMILES string of the molecule is CCOC(=O)CN(CC(=O)NC(C)(C)C)C(=O)[C@]12CC[C@@H](C)[C@H](C)[C@H]1C1=CC[C@@H]3[C@@]4(C)CC[C@H](O)C(C)(C)[C@@H]4CC[C@@]3(C)[C@]1(C)CC2. The van der Waals surface area contributed by atoms with Gasteiger partial charge in [0.05, 0.1) is 18.1 Å². The van der Waals surface area contributed by atoms with E-state index in [1.807, 2.05) is 20.8 Å². The molecule has 0 radical (unpaired) electrons. The Labute approximate surface area is 285 Å². The van der Waals surface area contributed by atoms with E-state index in [2.05, 4.69) is 59.9 Å². The molecule has 0 bridgehead atoms. The second-order valence-corrected chi connectivity index (χ2v) is 18.9. The smallest absolute Gasteiger partial charge is 0.325 e. The molecule has 5 rings (SSSR count). The van der Waals surface area contributed by atoms with Gasteiger partial charge in [-0.25, -0.2) is 0 Å². The molecule has 2 N–H and O–H groups in total. The number of nitrogens with one attached hydrogen (secondary N) is 1. The van der Waals surface area contributed by atoms with Crippen LogP contribution in [0.5, 0.6) is 0 Å². The number of hydrogen-bond acceptors (Lipinski definition) is 5. The maximum atomic E-state index is 15.1. The minimum atomic E-state index is -0.646. The molecule has 0 aromatic heterocycles. The molecule has 0 saturated heterocycles. The molecule has 266 valence electrons. The van der Waals surface area contributed by atoms with Gasteiger partial charge in [0.25, 0.3) is 0 Å². The third-order valence-electron chi connectivity index (χ3n) is 15.2. The van der Waals surface area contributed by atoms with E-state index in [0.29, 0.717) is 23.7 Å².